The maximum Gasteiger partial charge on any atom is 0.217 e. The van der Waals surface area contributed by atoms with Crippen LogP contribution in [0.1, 0.15) is 31.9 Å². The number of aryl methyl sites for hydroxylation is 2. The van der Waals surface area contributed by atoms with Gasteiger partial charge >= 0.3 is 0 Å². The molecule has 10 aromatic rings. The smallest absolute Gasteiger partial charge is 0.217 e. The Morgan fingerprint density at radius 3 is 1.79 bits per heavy atom. The summed E-state index contributed by atoms with van der Waals surface area (Å²) in [7, 11) is 0. The number of benzene rings is 8. The Morgan fingerprint density at radius 2 is 1.16 bits per heavy atom. The second-order valence-electron chi connectivity index (χ2n) is 18.0. The Hall–Kier alpha value is -7.40. The number of ether oxygens (including phenoxy) is 1. The Balaban J connectivity index is 0.00000525. The first-order chi connectivity index (χ1) is 32.2. The summed E-state index contributed by atoms with van der Waals surface area (Å²) in [5.41, 5.74) is 14.9. The molecule has 0 saturated heterocycles. The van der Waals surface area contributed by atoms with E-state index >= 15 is 0 Å². The molecule has 3 heterocycles. The van der Waals surface area contributed by atoms with Crippen LogP contribution < -0.4 is 14.5 Å². The molecule has 67 heavy (non-hydrogen) atoms. The number of aromatic nitrogens is 3. The van der Waals surface area contributed by atoms with Crippen molar-refractivity contribution in [1.82, 2.24) is 14.1 Å². The Kier molecular flexibility index (Phi) is 11.5. The van der Waals surface area contributed by atoms with E-state index in [1.54, 1.807) is 0 Å². The number of nitrogens with zero attached hydrogens (tertiary/aromatic N) is 5. The molecule has 0 amide bonds. The third kappa shape index (κ3) is 8.28. The Morgan fingerprint density at radius 1 is 0.567 bits per heavy atom. The zero-order chi connectivity index (χ0) is 44.9. The first kappa shape index (κ1) is 43.5. The van der Waals surface area contributed by atoms with E-state index < -0.39 is 0 Å². The van der Waals surface area contributed by atoms with Gasteiger partial charge in [-0.2, -0.15) is 6.07 Å². The fraction of sp³-hybridized carbons (Fsp3) is 0.100. The number of anilines is 2. The van der Waals surface area contributed by atoms with E-state index in [-0.39, 0.29) is 26.5 Å². The van der Waals surface area contributed by atoms with Gasteiger partial charge in [-0.15, -0.1) is 53.6 Å². The molecule has 0 N–H and O–H groups in total. The molecule has 0 aliphatic carbocycles. The summed E-state index contributed by atoms with van der Waals surface area (Å²) in [6.07, 6.45) is 6.16. The summed E-state index contributed by atoms with van der Waals surface area (Å²) in [4.78, 5) is 9.47. The topological polar surface area (TPSA) is 38.5 Å². The number of hydrogen-bond acceptors (Lipinski definition) is 4. The average Bonchev–Trinajstić information content (AvgIpc) is 4.09. The van der Waals surface area contributed by atoms with Gasteiger partial charge in [-0.05, 0) is 88.6 Å². The quantitative estimate of drug-likeness (QED) is 0.135. The number of para-hydroxylation sites is 2. The molecule has 0 fully saturated rings. The molecule has 1 aliphatic rings. The third-order valence-electron chi connectivity index (χ3n) is 12.4. The molecule has 0 radical (unpaired) electrons. The minimum atomic E-state index is -0.225. The van der Waals surface area contributed by atoms with Crippen LogP contribution >= 0.6 is 0 Å². The van der Waals surface area contributed by atoms with Gasteiger partial charge in [0, 0.05) is 67.3 Å². The molecule has 0 saturated carbocycles. The van der Waals surface area contributed by atoms with Crippen molar-refractivity contribution >= 4 is 33.2 Å². The van der Waals surface area contributed by atoms with Crippen molar-refractivity contribution in [2.45, 2.75) is 34.6 Å². The van der Waals surface area contributed by atoms with Crippen LogP contribution in [0.25, 0.3) is 66.8 Å². The number of allylic oxidation sites excluding steroid dienone is 1. The van der Waals surface area contributed by atoms with Gasteiger partial charge in [-0.25, -0.2) is 4.98 Å². The number of rotatable bonds is 9. The first-order valence-corrected chi connectivity index (χ1v) is 22.4. The predicted molar refractivity (Wildman–Crippen MR) is 271 cm³/mol. The van der Waals surface area contributed by atoms with Crippen molar-refractivity contribution in [2.24, 2.45) is 5.41 Å². The summed E-state index contributed by atoms with van der Waals surface area (Å²) in [5.74, 6) is 1.95. The van der Waals surface area contributed by atoms with E-state index in [1.165, 1.54) is 22.3 Å². The van der Waals surface area contributed by atoms with Crippen LogP contribution in [0.3, 0.4) is 0 Å². The molecule has 0 atom stereocenters. The van der Waals surface area contributed by atoms with Gasteiger partial charge in [0.05, 0.1) is 5.69 Å². The average molecular weight is 1050 g/mol. The minimum Gasteiger partial charge on any atom is -0.509 e. The van der Waals surface area contributed by atoms with E-state index in [4.69, 9.17) is 9.72 Å². The first-order valence-electron chi connectivity index (χ1n) is 22.4. The molecule has 11 rings (SSSR count). The van der Waals surface area contributed by atoms with Gasteiger partial charge in [0.15, 0.2) is 0 Å². The zero-order valence-electron chi connectivity index (χ0n) is 38.0. The summed E-state index contributed by atoms with van der Waals surface area (Å²) in [5, 5.41) is 2.18. The molecule has 7 heteroatoms. The van der Waals surface area contributed by atoms with Gasteiger partial charge in [0.2, 0.25) is 5.95 Å². The summed E-state index contributed by atoms with van der Waals surface area (Å²) in [6.45, 7) is 13.2. The number of imidazole rings is 1. The largest absolute Gasteiger partial charge is 0.509 e. The van der Waals surface area contributed by atoms with Crippen molar-refractivity contribution in [3.63, 3.8) is 0 Å². The minimum absolute atomic E-state index is 0. The molecule has 8 aromatic carbocycles. The summed E-state index contributed by atoms with van der Waals surface area (Å²) < 4.78 is 11.3. The summed E-state index contributed by atoms with van der Waals surface area (Å²) in [6, 6.07) is 69.2. The van der Waals surface area contributed by atoms with Crippen LogP contribution in [0.15, 0.2) is 200 Å². The van der Waals surface area contributed by atoms with E-state index in [0.717, 1.165) is 72.8 Å². The van der Waals surface area contributed by atoms with E-state index in [2.05, 4.69) is 242 Å². The molecule has 2 aromatic heterocycles. The van der Waals surface area contributed by atoms with Crippen LogP contribution in [-0.4, -0.2) is 14.1 Å². The second kappa shape index (κ2) is 17.8. The maximum absolute atomic E-state index is 6.91. The van der Waals surface area contributed by atoms with Gasteiger partial charge in [0.25, 0.3) is 0 Å². The summed E-state index contributed by atoms with van der Waals surface area (Å²) >= 11 is 0. The second-order valence-corrected chi connectivity index (χ2v) is 18.0. The predicted octanol–water partition coefficient (Wildman–Crippen LogP) is 15.3. The SMILES string of the molecule is Cc1cccc(C)c1-n1ccnc1-n1c2[c-]c(Oc3[c-]c(N4[CH-]N(c5cc(-c6ccccc6)cc(-c6ccccc6)c5)C=C4C(C)(C)C)cc(-c4ccccc4)c3)ccc2c2ccccc21.[Pt]. The molecule has 6 nitrogen and oxygen atoms in total. The van der Waals surface area contributed by atoms with E-state index in [1.807, 2.05) is 24.5 Å². The van der Waals surface area contributed by atoms with Crippen molar-refractivity contribution in [1.29, 1.82) is 0 Å². The molecule has 332 valence electrons. The fourth-order valence-electron chi connectivity index (χ4n) is 9.25. The van der Waals surface area contributed by atoms with Crippen molar-refractivity contribution in [3.8, 4) is 56.5 Å². The van der Waals surface area contributed by atoms with Gasteiger partial charge in [-0.1, -0.05) is 154 Å². The standard InChI is InChI=1S/C60H48N5O.Pt/c1-41-18-17-19-42(2)58(41)63-31-30-61-59(63)65-55-27-16-15-26-53(55)54-29-28-51(38-56(54)65)66-52-36-48(45-24-13-8-14-25-45)35-50(37-52)64-40-62(39-57(64)60(3,4)5)49-33-46(43-20-9-6-10-21-43)32-47(34-49)44-22-11-7-12-23-44;/h6-36,39-40H,1-5H3;/q-3;. The van der Waals surface area contributed by atoms with Crippen molar-refractivity contribution in [3.05, 3.63) is 230 Å². The van der Waals surface area contributed by atoms with Crippen molar-refractivity contribution < 1.29 is 25.8 Å². The van der Waals surface area contributed by atoms with Crippen molar-refractivity contribution in [2.75, 3.05) is 9.80 Å². The third-order valence-corrected chi connectivity index (χ3v) is 12.4. The van der Waals surface area contributed by atoms with Crippen LogP contribution in [0.4, 0.5) is 11.4 Å². The van der Waals surface area contributed by atoms with Crippen LogP contribution in [0.5, 0.6) is 11.5 Å². The molecule has 0 bridgehead atoms. The van der Waals surface area contributed by atoms with Gasteiger partial charge < -0.3 is 19.1 Å². The van der Waals surface area contributed by atoms with E-state index in [9.17, 15) is 0 Å². The molecular weight excluding hydrogens is 1000 g/mol. The Labute approximate surface area is 407 Å². The molecule has 0 spiro atoms. The molecule has 0 unspecified atom stereocenters. The number of fused-ring (bicyclic) bond motifs is 3. The van der Waals surface area contributed by atoms with E-state index in [0.29, 0.717) is 11.5 Å². The van der Waals surface area contributed by atoms with Crippen LogP contribution in [0, 0.1) is 38.1 Å². The fourth-order valence-corrected chi connectivity index (χ4v) is 9.25. The van der Waals surface area contributed by atoms with Crippen LogP contribution in [0.2, 0.25) is 0 Å². The monoisotopic (exact) mass is 1050 g/mol. The Bertz CT molecular complexity index is 3360. The maximum atomic E-state index is 6.91. The van der Waals surface area contributed by atoms with Crippen LogP contribution in [-0.2, 0) is 21.1 Å². The normalized spacial score (nSPS) is 12.7. The van der Waals surface area contributed by atoms with Gasteiger partial charge in [0.1, 0.15) is 0 Å². The van der Waals surface area contributed by atoms with Gasteiger partial charge in [-0.3, -0.25) is 4.57 Å². The molecule has 1 aliphatic heterocycles. The molecular formula is C60H48N5OPt-3. The number of hydrogen-bond donors (Lipinski definition) is 0. The zero-order valence-corrected chi connectivity index (χ0v) is 40.3.